The van der Waals surface area contributed by atoms with Crippen LogP contribution in [0.4, 0.5) is 4.39 Å². The Balaban J connectivity index is 1.74. The Labute approximate surface area is 173 Å². The molecule has 8 heteroatoms. The fourth-order valence-corrected chi connectivity index (χ4v) is 3.47. The zero-order valence-corrected chi connectivity index (χ0v) is 17.6. The van der Waals surface area contributed by atoms with E-state index in [1.54, 1.807) is 36.0 Å². The average Bonchev–Trinajstić information content (AvgIpc) is 3.10. The van der Waals surface area contributed by atoms with Crippen molar-refractivity contribution in [1.29, 1.82) is 0 Å². The molecule has 0 saturated heterocycles. The second-order valence-electron chi connectivity index (χ2n) is 6.60. The molecule has 1 aromatic heterocycles. The first kappa shape index (κ1) is 20.6. The quantitative estimate of drug-likeness (QED) is 0.447. The Morgan fingerprint density at radius 2 is 1.79 bits per heavy atom. The SMILES string of the molecule is C[C@@H](c1nnc(SCCOc2ccc(Cl)cc2)n1-c1ccc(F)cc1)[NH+](C)C. The summed E-state index contributed by atoms with van der Waals surface area (Å²) in [7, 11) is 4.14. The van der Waals surface area contributed by atoms with Crippen LogP contribution < -0.4 is 9.64 Å². The van der Waals surface area contributed by atoms with Gasteiger partial charge in [0.1, 0.15) is 17.6 Å². The van der Waals surface area contributed by atoms with Gasteiger partial charge >= 0.3 is 0 Å². The summed E-state index contributed by atoms with van der Waals surface area (Å²) >= 11 is 7.44. The molecule has 28 heavy (non-hydrogen) atoms. The van der Waals surface area contributed by atoms with Gasteiger partial charge in [0.2, 0.25) is 0 Å². The predicted octanol–water partition coefficient (Wildman–Crippen LogP) is 3.44. The van der Waals surface area contributed by atoms with Crippen molar-refractivity contribution >= 4 is 23.4 Å². The van der Waals surface area contributed by atoms with Gasteiger partial charge in [0.05, 0.1) is 20.7 Å². The number of nitrogens with zero attached hydrogens (tertiary/aromatic N) is 3. The molecule has 0 aliphatic carbocycles. The Morgan fingerprint density at radius 1 is 1.11 bits per heavy atom. The van der Waals surface area contributed by atoms with Crippen LogP contribution in [-0.2, 0) is 0 Å². The molecule has 1 N–H and O–H groups in total. The van der Waals surface area contributed by atoms with Crippen molar-refractivity contribution in [2.24, 2.45) is 0 Å². The van der Waals surface area contributed by atoms with E-state index in [-0.39, 0.29) is 11.9 Å². The lowest BCUT2D eigenvalue weighted by atomic mass is 10.2. The molecule has 0 saturated carbocycles. The van der Waals surface area contributed by atoms with Gasteiger partial charge in [0.15, 0.2) is 11.0 Å². The summed E-state index contributed by atoms with van der Waals surface area (Å²) in [5.74, 6) is 2.05. The topological polar surface area (TPSA) is 44.4 Å². The molecule has 0 unspecified atom stereocenters. The van der Waals surface area contributed by atoms with E-state index in [0.717, 1.165) is 22.4 Å². The maximum Gasteiger partial charge on any atom is 0.196 e. The molecule has 0 radical (unpaired) electrons. The summed E-state index contributed by atoms with van der Waals surface area (Å²) in [6, 6.07) is 13.8. The van der Waals surface area contributed by atoms with E-state index in [0.29, 0.717) is 17.4 Å². The highest BCUT2D eigenvalue weighted by molar-refractivity contribution is 7.99. The van der Waals surface area contributed by atoms with Crippen molar-refractivity contribution in [2.45, 2.75) is 18.1 Å². The standard InChI is InChI=1S/C20H22ClFN4OS/c1-14(25(2)3)19-23-24-20(26(19)17-8-6-16(22)7-9-17)28-13-12-27-18-10-4-15(21)5-11-18/h4-11,14H,12-13H2,1-3H3/p+1/t14-/m0/s1. The largest absolute Gasteiger partial charge is 0.493 e. The number of hydrogen-bond donors (Lipinski definition) is 1. The summed E-state index contributed by atoms with van der Waals surface area (Å²) in [5, 5.41) is 10.2. The monoisotopic (exact) mass is 421 g/mol. The van der Waals surface area contributed by atoms with E-state index >= 15 is 0 Å². The van der Waals surface area contributed by atoms with Gasteiger partial charge in [-0.3, -0.25) is 4.57 Å². The molecule has 1 atom stereocenters. The minimum atomic E-state index is -0.268. The number of halogens is 2. The number of ether oxygens (including phenoxy) is 1. The maximum absolute atomic E-state index is 13.4. The smallest absolute Gasteiger partial charge is 0.196 e. The van der Waals surface area contributed by atoms with E-state index in [4.69, 9.17) is 16.3 Å². The van der Waals surface area contributed by atoms with Crippen LogP contribution in [0.15, 0.2) is 53.7 Å². The molecule has 0 spiro atoms. The third-order valence-electron chi connectivity index (χ3n) is 4.39. The van der Waals surface area contributed by atoms with Gasteiger partial charge in [-0.1, -0.05) is 23.4 Å². The van der Waals surface area contributed by atoms with Gasteiger partial charge in [-0.25, -0.2) is 4.39 Å². The van der Waals surface area contributed by atoms with Crippen LogP contribution in [0.25, 0.3) is 5.69 Å². The van der Waals surface area contributed by atoms with Crippen molar-refractivity contribution in [1.82, 2.24) is 14.8 Å². The maximum atomic E-state index is 13.4. The van der Waals surface area contributed by atoms with Crippen molar-refractivity contribution in [3.8, 4) is 11.4 Å². The third kappa shape index (κ3) is 5.04. The molecular formula is C20H23ClFN4OS+. The highest BCUT2D eigenvalue weighted by Crippen LogP contribution is 2.25. The molecule has 3 aromatic rings. The fourth-order valence-electron chi connectivity index (χ4n) is 2.57. The lowest BCUT2D eigenvalue weighted by molar-refractivity contribution is -0.890. The first-order chi connectivity index (χ1) is 13.5. The summed E-state index contributed by atoms with van der Waals surface area (Å²) in [5.41, 5.74) is 0.843. The van der Waals surface area contributed by atoms with Crippen molar-refractivity contribution in [2.75, 3.05) is 26.5 Å². The lowest BCUT2D eigenvalue weighted by Crippen LogP contribution is -3.05. The van der Waals surface area contributed by atoms with Gasteiger partial charge in [0.25, 0.3) is 0 Å². The zero-order chi connectivity index (χ0) is 20.1. The molecule has 0 fully saturated rings. The molecule has 2 aromatic carbocycles. The Morgan fingerprint density at radius 3 is 2.43 bits per heavy atom. The number of quaternary nitrogens is 1. The molecule has 0 aliphatic heterocycles. The molecule has 0 amide bonds. The van der Waals surface area contributed by atoms with Gasteiger partial charge in [-0.05, 0) is 55.5 Å². The molecule has 5 nitrogen and oxygen atoms in total. The van der Waals surface area contributed by atoms with E-state index in [9.17, 15) is 4.39 Å². The highest BCUT2D eigenvalue weighted by atomic mass is 35.5. The molecule has 0 aliphatic rings. The van der Waals surface area contributed by atoms with E-state index in [2.05, 4.69) is 31.2 Å². The van der Waals surface area contributed by atoms with E-state index in [1.807, 2.05) is 16.7 Å². The van der Waals surface area contributed by atoms with Crippen LogP contribution in [0.1, 0.15) is 18.8 Å². The van der Waals surface area contributed by atoms with Crippen LogP contribution in [0.3, 0.4) is 0 Å². The Kier molecular flexibility index (Phi) is 6.93. The number of rotatable bonds is 8. The van der Waals surface area contributed by atoms with Crippen molar-refractivity contribution in [3.05, 3.63) is 65.2 Å². The normalized spacial score (nSPS) is 12.4. The van der Waals surface area contributed by atoms with E-state index in [1.165, 1.54) is 17.0 Å². The Hall–Kier alpha value is -2.09. The lowest BCUT2D eigenvalue weighted by Gasteiger charge is -2.18. The molecule has 3 rings (SSSR count). The second kappa shape index (κ2) is 9.41. The molecule has 1 heterocycles. The number of benzene rings is 2. The molecule has 0 bridgehead atoms. The predicted molar refractivity (Wildman–Crippen MR) is 110 cm³/mol. The average molecular weight is 422 g/mol. The van der Waals surface area contributed by atoms with Gasteiger partial charge in [-0.2, -0.15) is 0 Å². The summed E-state index contributed by atoms with van der Waals surface area (Å²) in [6.07, 6.45) is 0. The van der Waals surface area contributed by atoms with Gasteiger partial charge < -0.3 is 9.64 Å². The number of aromatic nitrogens is 3. The van der Waals surface area contributed by atoms with Crippen LogP contribution in [0.5, 0.6) is 5.75 Å². The van der Waals surface area contributed by atoms with Crippen LogP contribution >= 0.6 is 23.4 Å². The first-order valence-corrected chi connectivity index (χ1v) is 10.3. The minimum Gasteiger partial charge on any atom is -0.493 e. The van der Waals surface area contributed by atoms with Crippen LogP contribution in [0, 0.1) is 5.82 Å². The summed E-state index contributed by atoms with van der Waals surface area (Å²) < 4.78 is 21.1. The fraction of sp³-hybridized carbons (Fsp3) is 0.300. The first-order valence-electron chi connectivity index (χ1n) is 8.98. The third-order valence-corrected chi connectivity index (χ3v) is 5.54. The number of nitrogens with one attached hydrogen (secondary N) is 1. The highest BCUT2D eigenvalue weighted by Gasteiger charge is 2.23. The zero-order valence-electron chi connectivity index (χ0n) is 16.0. The van der Waals surface area contributed by atoms with Crippen LogP contribution in [0.2, 0.25) is 5.02 Å². The summed E-state index contributed by atoms with van der Waals surface area (Å²) in [4.78, 5) is 1.23. The molecule has 148 valence electrons. The van der Waals surface area contributed by atoms with Crippen molar-refractivity contribution < 1.29 is 14.0 Å². The van der Waals surface area contributed by atoms with Crippen LogP contribution in [-0.4, -0.2) is 41.2 Å². The number of thioether (sulfide) groups is 1. The number of hydrogen-bond acceptors (Lipinski definition) is 4. The van der Waals surface area contributed by atoms with Gasteiger partial charge in [-0.15, -0.1) is 10.2 Å². The van der Waals surface area contributed by atoms with Crippen molar-refractivity contribution in [3.63, 3.8) is 0 Å². The van der Waals surface area contributed by atoms with E-state index < -0.39 is 0 Å². The van der Waals surface area contributed by atoms with Gasteiger partial charge in [0, 0.05) is 16.5 Å². The summed E-state index contributed by atoms with van der Waals surface area (Å²) in [6.45, 7) is 2.61. The Bertz CT molecular complexity index is 900. The second-order valence-corrected chi connectivity index (χ2v) is 8.10. The molecular weight excluding hydrogens is 399 g/mol. The minimum absolute atomic E-state index is 0.136.